The number of rotatable bonds is 9. The number of benzene rings is 5. The Bertz CT molecular complexity index is 1800. The van der Waals surface area contributed by atoms with Crippen molar-refractivity contribution in [2.45, 2.75) is 26.5 Å². The molecular weight excluding hydrogens is 552 g/mol. The molecule has 214 valence electrons. The van der Waals surface area contributed by atoms with Crippen molar-refractivity contribution in [3.63, 3.8) is 0 Å². The predicted octanol–water partition coefficient (Wildman–Crippen LogP) is 9.18. The Morgan fingerprint density at radius 2 is 1.53 bits per heavy atom. The molecule has 5 aromatic rings. The summed E-state index contributed by atoms with van der Waals surface area (Å²) in [6.45, 7) is 4.90. The van der Waals surface area contributed by atoms with Gasteiger partial charge in [0.15, 0.2) is 16.7 Å². The van der Waals surface area contributed by atoms with E-state index in [1.54, 1.807) is 4.90 Å². The fourth-order valence-corrected chi connectivity index (χ4v) is 6.19. The minimum absolute atomic E-state index is 0.0784. The summed E-state index contributed by atoms with van der Waals surface area (Å²) < 4.78 is 12.2. The molecule has 0 aliphatic carbocycles. The number of fused-ring (bicyclic) bond motifs is 1. The summed E-state index contributed by atoms with van der Waals surface area (Å²) in [5, 5.41) is 3.00. The first-order valence-corrected chi connectivity index (χ1v) is 15.2. The second-order valence-corrected chi connectivity index (χ2v) is 11.2. The molecule has 1 aliphatic heterocycles. The smallest absolute Gasteiger partial charge is 0.267 e. The van der Waals surface area contributed by atoms with Crippen molar-refractivity contribution in [3.8, 4) is 11.5 Å². The van der Waals surface area contributed by atoms with E-state index in [0.717, 1.165) is 22.4 Å². The summed E-state index contributed by atoms with van der Waals surface area (Å²) in [6.07, 6.45) is 1.90. The zero-order chi connectivity index (χ0) is 29.6. The van der Waals surface area contributed by atoms with Crippen LogP contribution >= 0.6 is 11.8 Å². The number of para-hydroxylation sites is 1. The van der Waals surface area contributed by atoms with Gasteiger partial charge in [-0.05, 0) is 83.4 Å². The van der Waals surface area contributed by atoms with Gasteiger partial charge in [0.05, 0.1) is 23.2 Å². The van der Waals surface area contributed by atoms with Crippen LogP contribution in [0.2, 0.25) is 0 Å². The average molecular weight is 585 g/mol. The molecule has 1 heterocycles. The summed E-state index contributed by atoms with van der Waals surface area (Å²) in [6, 6.07) is 39.9. The maximum atomic E-state index is 13.9. The summed E-state index contributed by atoms with van der Waals surface area (Å²) in [5.74, 6) is 1.22. The quantitative estimate of drug-likeness (QED) is 0.162. The zero-order valence-electron chi connectivity index (χ0n) is 24.1. The molecule has 1 aliphatic rings. The average Bonchev–Trinajstić information content (AvgIpc) is 3.34. The molecule has 0 unspecified atom stereocenters. The number of carbonyl (C=O) groups excluding carboxylic acids is 1. The van der Waals surface area contributed by atoms with Gasteiger partial charge in [-0.15, -0.1) is 0 Å². The molecule has 6 heteroatoms. The van der Waals surface area contributed by atoms with Crippen LogP contribution in [0.1, 0.15) is 36.6 Å². The Balaban J connectivity index is 1.29. The number of amidine groups is 1. The van der Waals surface area contributed by atoms with E-state index in [2.05, 4.69) is 24.3 Å². The van der Waals surface area contributed by atoms with Crippen LogP contribution in [0.4, 0.5) is 5.69 Å². The minimum atomic E-state index is -0.182. The molecule has 5 aromatic carbocycles. The van der Waals surface area contributed by atoms with Crippen molar-refractivity contribution in [2.24, 2.45) is 4.99 Å². The number of thioether (sulfide) groups is 1. The number of aliphatic imine (C=N–C) groups is 1. The van der Waals surface area contributed by atoms with E-state index in [9.17, 15) is 4.79 Å². The molecule has 0 bridgehead atoms. The number of hydrogen-bond donors (Lipinski definition) is 0. The Morgan fingerprint density at radius 3 is 2.33 bits per heavy atom. The van der Waals surface area contributed by atoms with Crippen molar-refractivity contribution in [3.05, 3.63) is 143 Å². The van der Waals surface area contributed by atoms with Gasteiger partial charge in [-0.3, -0.25) is 9.69 Å². The summed E-state index contributed by atoms with van der Waals surface area (Å²) in [4.78, 5) is 21.1. The van der Waals surface area contributed by atoms with E-state index in [1.165, 1.54) is 22.5 Å². The van der Waals surface area contributed by atoms with Gasteiger partial charge in [0.2, 0.25) is 0 Å². The van der Waals surface area contributed by atoms with E-state index in [4.69, 9.17) is 14.5 Å². The van der Waals surface area contributed by atoms with Crippen LogP contribution in [-0.4, -0.2) is 22.6 Å². The van der Waals surface area contributed by atoms with Crippen LogP contribution in [0.3, 0.4) is 0 Å². The molecule has 1 saturated heterocycles. The van der Waals surface area contributed by atoms with E-state index in [0.29, 0.717) is 34.8 Å². The van der Waals surface area contributed by atoms with Crippen LogP contribution < -0.4 is 9.47 Å². The van der Waals surface area contributed by atoms with Crippen LogP contribution in [0, 0.1) is 0 Å². The van der Waals surface area contributed by atoms with Gasteiger partial charge in [0.1, 0.15) is 6.61 Å². The van der Waals surface area contributed by atoms with Crippen molar-refractivity contribution in [1.29, 1.82) is 0 Å². The third kappa shape index (κ3) is 6.35. The van der Waals surface area contributed by atoms with E-state index >= 15 is 0 Å². The van der Waals surface area contributed by atoms with Crippen LogP contribution in [0.15, 0.2) is 131 Å². The van der Waals surface area contributed by atoms with E-state index in [1.807, 2.05) is 117 Å². The number of ether oxygens (including phenoxy) is 2. The van der Waals surface area contributed by atoms with E-state index < -0.39 is 0 Å². The highest BCUT2D eigenvalue weighted by Crippen LogP contribution is 2.40. The second-order valence-electron chi connectivity index (χ2n) is 10.2. The highest BCUT2D eigenvalue weighted by atomic mass is 32.2. The second kappa shape index (κ2) is 13.0. The molecule has 0 radical (unpaired) electrons. The van der Waals surface area contributed by atoms with Gasteiger partial charge in [-0.2, -0.15) is 0 Å². The maximum absolute atomic E-state index is 13.9. The first-order chi connectivity index (χ1) is 21.1. The lowest BCUT2D eigenvalue weighted by atomic mass is 10.1. The summed E-state index contributed by atoms with van der Waals surface area (Å²) >= 11 is 1.39. The molecule has 0 spiro atoms. The van der Waals surface area contributed by atoms with Crippen molar-refractivity contribution in [1.82, 2.24) is 4.90 Å². The van der Waals surface area contributed by atoms with Crippen molar-refractivity contribution >= 4 is 45.4 Å². The Labute approximate surface area is 256 Å². The lowest BCUT2D eigenvalue weighted by molar-refractivity contribution is -0.123. The SMILES string of the molecule is CCOc1cc(/C=C2/SC(=Nc3ccccc3)N([C@H](C)c3ccccc3)C2=O)ccc1OCc1cccc2ccccc12. The van der Waals surface area contributed by atoms with Gasteiger partial charge >= 0.3 is 0 Å². The molecular formula is C37H32N2O3S. The fraction of sp³-hybridized carbons (Fsp3) is 0.135. The normalized spacial score (nSPS) is 15.8. The molecule has 0 N–H and O–H groups in total. The molecule has 43 heavy (non-hydrogen) atoms. The van der Waals surface area contributed by atoms with E-state index in [-0.39, 0.29) is 11.9 Å². The first kappa shape index (κ1) is 28.3. The number of amides is 1. The molecule has 0 aromatic heterocycles. The van der Waals surface area contributed by atoms with Crippen LogP contribution in [0.5, 0.6) is 11.5 Å². The molecule has 1 fully saturated rings. The van der Waals surface area contributed by atoms with Crippen molar-refractivity contribution in [2.75, 3.05) is 6.61 Å². The molecule has 1 amide bonds. The molecule has 6 rings (SSSR count). The Kier molecular flexibility index (Phi) is 8.57. The third-order valence-corrected chi connectivity index (χ3v) is 8.30. The summed E-state index contributed by atoms with van der Waals surface area (Å²) in [7, 11) is 0. The van der Waals surface area contributed by atoms with Crippen LogP contribution in [0.25, 0.3) is 16.8 Å². The van der Waals surface area contributed by atoms with Crippen molar-refractivity contribution < 1.29 is 14.3 Å². The highest BCUT2D eigenvalue weighted by molar-refractivity contribution is 8.18. The molecule has 5 nitrogen and oxygen atoms in total. The topological polar surface area (TPSA) is 51.1 Å². The minimum Gasteiger partial charge on any atom is -0.490 e. The summed E-state index contributed by atoms with van der Waals surface area (Å²) in [5.41, 5.74) is 3.81. The number of carbonyl (C=O) groups is 1. The monoisotopic (exact) mass is 584 g/mol. The Hall–Kier alpha value is -4.81. The molecule has 0 saturated carbocycles. The fourth-order valence-electron chi connectivity index (χ4n) is 5.13. The Morgan fingerprint density at radius 1 is 0.814 bits per heavy atom. The number of hydrogen-bond acceptors (Lipinski definition) is 5. The van der Waals surface area contributed by atoms with Gasteiger partial charge < -0.3 is 9.47 Å². The zero-order valence-corrected chi connectivity index (χ0v) is 25.0. The van der Waals surface area contributed by atoms with Crippen LogP contribution in [-0.2, 0) is 11.4 Å². The largest absolute Gasteiger partial charge is 0.490 e. The molecule has 1 atom stereocenters. The van der Waals surface area contributed by atoms with Gasteiger partial charge in [0, 0.05) is 0 Å². The first-order valence-electron chi connectivity index (χ1n) is 14.4. The lowest BCUT2D eigenvalue weighted by Gasteiger charge is -2.24. The third-order valence-electron chi connectivity index (χ3n) is 7.32. The lowest BCUT2D eigenvalue weighted by Crippen LogP contribution is -2.32. The number of nitrogens with zero attached hydrogens (tertiary/aromatic N) is 2. The maximum Gasteiger partial charge on any atom is 0.267 e. The standard InChI is InChI=1S/C37H32N2O3S/c1-3-41-34-23-27(21-22-33(34)42-25-30-17-12-16-29-15-10-11-20-32(29)30)24-35-36(40)39(26(2)28-13-6-4-7-14-28)37(43-35)38-31-18-8-5-9-19-31/h4-24,26H,3,25H2,1-2H3/b35-24+,38-37?/t26-/m1/s1. The highest BCUT2D eigenvalue weighted by Gasteiger charge is 2.37. The van der Waals surface area contributed by atoms with Gasteiger partial charge in [-0.1, -0.05) is 97.1 Å². The van der Waals surface area contributed by atoms with Gasteiger partial charge in [0.25, 0.3) is 5.91 Å². The van der Waals surface area contributed by atoms with Gasteiger partial charge in [-0.25, -0.2) is 4.99 Å². The predicted molar refractivity (Wildman–Crippen MR) is 177 cm³/mol.